The monoisotopic (exact) mass is 754 g/mol. The summed E-state index contributed by atoms with van der Waals surface area (Å²) in [6, 6.07) is 12.8. The molecule has 3 aromatic rings. The molecule has 3 aliphatic heterocycles. The predicted molar refractivity (Wildman–Crippen MR) is 195 cm³/mol. The van der Waals surface area contributed by atoms with Gasteiger partial charge < -0.3 is 24.8 Å². The van der Waals surface area contributed by atoms with Crippen molar-refractivity contribution in [1.82, 2.24) is 29.7 Å². The van der Waals surface area contributed by atoms with Crippen molar-refractivity contribution in [3.8, 4) is 0 Å². The fourth-order valence-corrected chi connectivity index (χ4v) is 7.89. The third-order valence-electron chi connectivity index (χ3n) is 8.20. The number of rotatable bonds is 9. The third kappa shape index (κ3) is 7.25. The highest BCUT2D eigenvalue weighted by molar-refractivity contribution is 8.23. The molecule has 18 heteroatoms. The maximum atomic E-state index is 13.7. The minimum absolute atomic E-state index is 0.0128. The summed E-state index contributed by atoms with van der Waals surface area (Å²) in [7, 11) is 1.38. The van der Waals surface area contributed by atoms with Gasteiger partial charge in [-0.3, -0.25) is 38.6 Å². The molecule has 2 aromatic heterocycles. The van der Waals surface area contributed by atoms with Gasteiger partial charge in [-0.2, -0.15) is 0 Å². The number of benzene rings is 1. The van der Waals surface area contributed by atoms with Crippen molar-refractivity contribution in [2.45, 2.75) is 18.7 Å². The van der Waals surface area contributed by atoms with Crippen molar-refractivity contribution in [2.24, 2.45) is 7.05 Å². The first-order chi connectivity index (χ1) is 24.0. The van der Waals surface area contributed by atoms with E-state index in [2.05, 4.69) is 10.6 Å². The fourth-order valence-electron chi connectivity index (χ4n) is 5.49. The molecule has 5 heterocycles. The molecule has 4 amide bonds. The Kier molecular flexibility index (Phi) is 10.8. The van der Waals surface area contributed by atoms with Crippen LogP contribution in [0.25, 0.3) is 0 Å². The Morgan fingerprint density at radius 1 is 0.780 bits per heavy atom. The van der Waals surface area contributed by atoms with Crippen LogP contribution in [0, 0.1) is 0 Å². The minimum Gasteiger partial charge on any atom is -0.405 e. The molecule has 0 unspecified atom stereocenters. The summed E-state index contributed by atoms with van der Waals surface area (Å²) in [5, 5.41) is 5.58. The predicted octanol–water partition coefficient (Wildman–Crippen LogP) is 1.05. The number of carbonyl (C=O) groups is 4. The maximum Gasteiger partial charge on any atom is 0.296 e. The topological polar surface area (TPSA) is 161 Å². The van der Waals surface area contributed by atoms with E-state index in [1.807, 2.05) is 6.07 Å². The van der Waals surface area contributed by atoms with Crippen LogP contribution in [-0.2, 0) is 18.4 Å². The molecule has 0 aliphatic carbocycles. The number of thiocarbonyl (C=S) groups is 2. The van der Waals surface area contributed by atoms with Crippen molar-refractivity contribution in [2.75, 3.05) is 37.8 Å². The highest BCUT2D eigenvalue weighted by Crippen LogP contribution is 2.21. The summed E-state index contributed by atoms with van der Waals surface area (Å²) >= 11 is 13.2. The molecule has 1 aromatic carbocycles. The number of amides is 4. The van der Waals surface area contributed by atoms with Gasteiger partial charge in [-0.1, -0.05) is 78.3 Å². The van der Waals surface area contributed by atoms with Crippen LogP contribution in [0.1, 0.15) is 47.3 Å². The zero-order valence-electron chi connectivity index (χ0n) is 26.5. The summed E-state index contributed by atoms with van der Waals surface area (Å²) in [6.45, 7) is 0.754. The van der Waals surface area contributed by atoms with Gasteiger partial charge in [0.2, 0.25) is 0 Å². The molecular weight excluding hydrogens is 725 g/mol. The number of pyridine rings is 2. The normalized spacial score (nSPS) is 18.7. The summed E-state index contributed by atoms with van der Waals surface area (Å²) in [6.07, 6.45) is 0. The Hall–Kier alpha value is -4.36. The number of hydrogen-bond acceptors (Lipinski definition) is 12. The second-order valence-electron chi connectivity index (χ2n) is 11.3. The Labute approximate surface area is 304 Å². The molecule has 3 fully saturated rings. The van der Waals surface area contributed by atoms with E-state index in [0.717, 1.165) is 14.9 Å². The SMILES string of the molecule is Cn1c(C(=O)N[C@@H]2COC[C@@H]2NC(=O)c2ccc(C(=O)N3CCSC3=S)c(=O)n2OCc2ccccc2)ccc(C(=O)N2CCSC2=S)c1=O. The zero-order valence-corrected chi connectivity index (χ0v) is 29.8. The summed E-state index contributed by atoms with van der Waals surface area (Å²) in [5.41, 5.74) is -1.29. The Bertz CT molecular complexity index is 2020. The van der Waals surface area contributed by atoms with Crippen LogP contribution in [0.4, 0.5) is 0 Å². The number of thioether (sulfide) groups is 2. The lowest BCUT2D eigenvalue weighted by Crippen LogP contribution is -2.52. The molecular formula is C32H30N6O8S4. The second-order valence-corrected chi connectivity index (χ2v) is 14.8. The quantitative estimate of drug-likeness (QED) is 0.300. The second kappa shape index (κ2) is 15.3. The van der Waals surface area contributed by atoms with E-state index < -0.39 is 46.8 Å². The largest absolute Gasteiger partial charge is 0.405 e. The van der Waals surface area contributed by atoms with Crippen molar-refractivity contribution >= 4 is 80.2 Å². The number of hydrogen-bond donors (Lipinski definition) is 2. The van der Waals surface area contributed by atoms with Crippen molar-refractivity contribution in [3.63, 3.8) is 0 Å². The van der Waals surface area contributed by atoms with E-state index in [9.17, 15) is 28.8 Å². The number of aromatic nitrogens is 2. The highest BCUT2D eigenvalue weighted by Gasteiger charge is 2.34. The van der Waals surface area contributed by atoms with E-state index >= 15 is 0 Å². The smallest absolute Gasteiger partial charge is 0.296 e. The van der Waals surface area contributed by atoms with Crippen LogP contribution in [0.2, 0.25) is 0 Å². The van der Waals surface area contributed by atoms with E-state index in [1.54, 1.807) is 24.3 Å². The van der Waals surface area contributed by atoms with Gasteiger partial charge in [0.15, 0.2) is 0 Å². The van der Waals surface area contributed by atoms with Crippen molar-refractivity contribution in [3.05, 3.63) is 103 Å². The van der Waals surface area contributed by atoms with Gasteiger partial charge in [-0.15, -0.1) is 4.73 Å². The Morgan fingerprint density at radius 3 is 1.84 bits per heavy atom. The third-order valence-corrected chi connectivity index (χ3v) is 11.1. The Morgan fingerprint density at radius 2 is 1.30 bits per heavy atom. The van der Waals surface area contributed by atoms with E-state index in [1.165, 1.54) is 64.6 Å². The van der Waals surface area contributed by atoms with Crippen LogP contribution in [0.3, 0.4) is 0 Å². The van der Waals surface area contributed by atoms with Gasteiger partial charge in [0.1, 0.15) is 37.8 Å². The molecule has 0 saturated carbocycles. The van der Waals surface area contributed by atoms with Crippen LogP contribution in [-0.4, -0.2) is 101 Å². The maximum absolute atomic E-state index is 13.7. The average Bonchev–Trinajstić information content (AvgIpc) is 3.86. The lowest BCUT2D eigenvalue weighted by molar-refractivity contribution is 0.0675. The summed E-state index contributed by atoms with van der Waals surface area (Å²) in [4.78, 5) is 88.5. The number of ether oxygens (including phenoxy) is 1. The minimum atomic E-state index is -0.834. The summed E-state index contributed by atoms with van der Waals surface area (Å²) in [5.74, 6) is -1.21. The van der Waals surface area contributed by atoms with E-state index in [0.29, 0.717) is 33.2 Å². The molecule has 6 rings (SSSR count). The molecule has 2 atom stereocenters. The number of nitrogens with one attached hydrogen (secondary N) is 2. The first-order valence-corrected chi connectivity index (χ1v) is 18.1. The first-order valence-electron chi connectivity index (χ1n) is 15.3. The molecule has 50 heavy (non-hydrogen) atoms. The van der Waals surface area contributed by atoms with Gasteiger partial charge in [0, 0.05) is 31.6 Å². The molecule has 2 N–H and O–H groups in total. The average molecular weight is 755 g/mol. The van der Waals surface area contributed by atoms with Gasteiger partial charge in [0.05, 0.1) is 25.3 Å². The zero-order chi connectivity index (χ0) is 35.5. The number of nitrogens with zero attached hydrogens (tertiary/aromatic N) is 4. The molecule has 14 nitrogen and oxygen atoms in total. The van der Waals surface area contributed by atoms with Crippen LogP contribution in [0.5, 0.6) is 0 Å². The van der Waals surface area contributed by atoms with Crippen LogP contribution in [0.15, 0.2) is 64.2 Å². The van der Waals surface area contributed by atoms with Gasteiger partial charge in [-0.05, 0) is 29.8 Å². The molecule has 0 bridgehead atoms. The van der Waals surface area contributed by atoms with E-state index in [-0.39, 0.29) is 42.3 Å². The number of carbonyl (C=O) groups excluding carboxylic acids is 4. The molecule has 0 spiro atoms. The van der Waals surface area contributed by atoms with Crippen molar-refractivity contribution < 1.29 is 28.8 Å². The lowest BCUT2D eigenvalue weighted by atomic mass is 10.1. The van der Waals surface area contributed by atoms with Gasteiger partial charge in [-0.25, -0.2) is 0 Å². The standard InChI is InChI=1S/C32H30N6O8S4/c1-35-23(9-7-19(27(35)41)28(42)36-11-13-49-31(36)47)25(39)33-21-16-45-17-22(21)34-26(40)24-10-8-20(29(43)37-12-14-50-32(37)48)30(44)38(24)46-15-18-5-3-2-4-6-18/h2-10,21-22H,11-17H2,1H3,(H,33,39)(H,34,40)/t21-,22+/m1/s1. The molecule has 260 valence electrons. The summed E-state index contributed by atoms with van der Waals surface area (Å²) < 4.78 is 8.19. The molecule has 3 aliphatic rings. The van der Waals surface area contributed by atoms with Gasteiger partial charge in [0.25, 0.3) is 34.7 Å². The van der Waals surface area contributed by atoms with Gasteiger partial charge >= 0.3 is 0 Å². The fraction of sp³-hybridized carbons (Fsp3) is 0.312. The Balaban J connectivity index is 1.19. The first kappa shape index (κ1) is 35.5. The van der Waals surface area contributed by atoms with Crippen LogP contribution >= 0.6 is 48.0 Å². The lowest BCUT2D eigenvalue weighted by Gasteiger charge is -2.22. The molecule has 3 saturated heterocycles. The van der Waals surface area contributed by atoms with Crippen molar-refractivity contribution in [1.29, 1.82) is 0 Å². The van der Waals surface area contributed by atoms with Crippen LogP contribution < -0.4 is 26.6 Å². The molecule has 0 radical (unpaired) electrons. The van der Waals surface area contributed by atoms with E-state index in [4.69, 9.17) is 34.0 Å². The highest BCUT2D eigenvalue weighted by atomic mass is 32.2.